The van der Waals surface area contributed by atoms with Gasteiger partial charge in [-0.3, -0.25) is 4.79 Å². The second-order valence-electron chi connectivity index (χ2n) is 4.92. The maximum atomic E-state index is 12.1. The SMILES string of the molecule is COc1ccc(C(=O)OC(C)C(=O)Nc2cc(Cl)cc(Cl)c2)cc1. The minimum absolute atomic E-state index is 0.321. The van der Waals surface area contributed by atoms with E-state index in [1.54, 1.807) is 42.5 Å². The van der Waals surface area contributed by atoms with Gasteiger partial charge in [-0.15, -0.1) is 0 Å². The van der Waals surface area contributed by atoms with Crippen molar-refractivity contribution in [3.63, 3.8) is 0 Å². The first-order chi connectivity index (χ1) is 11.4. The maximum Gasteiger partial charge on any atom is 0.338 e. The molecule has 126 valence electrons. The number of nitrogens with one attached hydrogen (secondary N) is 1. The van der Waals surface area contributed by atoms with Crippen molar-refractivity contribution >= 4 is 40.8 Å². The maximum absolute atomic E-state index is 12.1. The summed E-state index contributed by atoms with van der Waals surface area (Å²) in [5.74, 6) is -0.477. The first-order valence-corrected chi connectivity index (χ1v) is 7.76. The standard InChI is InChI=1S/C17H15Cl2NO4/c1-10(16(21)20-14-8-12(18)7-13(19)9-14)24-17(22)11-3-5-15(23-2)6-4-11/h3-10H,1-2H3,(H,20,21). The first kappa shape index (κ1) is 18.1. The number of hydrogen-bond acceptors (Lipinski definition) is 4. The summed E-state index contributed by atoms with van der Waals surface area (Å²) in [4.78, 5) is 24.1. The molecule has 1 N–H and O–H groups in total. The van der Waals surface area contributed by atoms with E-state index in [1.807, 2.05) is 0 Å². The lowest BCUT2D eigenvalue weighted by Crippen LogP contribution is -2.30. The van der Waals surface area contributed by atoms with Gasteiger partial charge < -0.3 is 14.8 Å². The van der Waals surface area contributed by atoms with Crippen LogP contribution in [-0.2, 0) is 9.53 Å². The highest BCUT2D eigenvalue weighted by Gasteiger charge is 2.19. The molecular formula is C17H15Cl2NO4. The number of rotatable bonds is 5. The lowest BCUT2D eigenvalue weighted by Gasteiger charge is -2.14. The topological polar surface area (TPSA) is 64.6 Å². The molecule has 0 aliphatic heterocycles. The number of hydrogen-bond donors (Lipinski definition) is 1. The molecule has 0 saturated heterocycles. The van der Waals surface area contributed by atoms with Gasteiger partial charge in [0.1, 0.15) is 5.75 Å². The van der Waals surface area contributed by atoms with E-state index < -0.39 is 18.0 Å². The van der Waals surface area contributed by atoms with Gasteiger partial charge >= 0.3 is 5.97 Å². The molecule has 2 aromatic rings. The number of methoxy groups -OCH3 is 1. The molecule has 0 aliphatic rings. The van der Waals surface area contributed by atoms with E-state index in [0.29, 0.717) is 27.0 Å². The van der Waals surface area contributed by atoms with E-state index in [9.17, 15) is 9.59 Å². The lowest BCUT2D eigenvalue weighted by molar-refractivity contribution is -0.123. The smallest absolute Gasteiger partial charge is 0.338 e. The van der Waals surface area contributed by atoms with Crippen LogP contribution in [0.1, 0.15) is 17.3 Å². The number of anilines is 1. The van der Waals surface area contributed by atoms with E-state index in [1.165, 1.54) is 14.0 Å². The molecule has 0 spiro atoms. The Morgan fingerprint density at radius 3 is 2.17 bits per heavy atom. The zero-order valence-corrected chi connectivity index (χ0v) is 14.5. The zero-order chi connectivity index (χ0) is 17.7. The molecule has 24 heavy (non-hydrogen) atoms. The van der Waals surface area contributed by atoms with Gasteiger partial charge in [-0.25, -0.2) is 4.79 Å². The highest BCUT2D eigenvalue weighted by Crippen LogP contribution is 2.22. The molecule has 0 fully saturated rings. The van der Waals surface area contributed by atoms with Crippen LogP contribution in [0.15, 0.2) is 42.5 Å². The fraction of sp³-hybridized carbons (Fsp3) is 0.176. The Morgan fingerprint density at radius 1 is 1.04 bits per heavy atom. The minimum atomic E-state index is -0.989. The van der Waals surface area contributed by atoms with Crippen LogP contribution in [0.4, 0.5) is 5.69 Å². The predicted molar refractivity (Wildman–Crippen MR) is 93.0 cm³/mol. The van der Waals surface area contributed by atoms with Crippen LogP contribution in [0.3, 0.4) is 0 Å². The van der Waals surface area contributed by atoms with Gasteiger partial charge in [0.15, 0.2) is 6.10 Å². The van der Waals surface area contributed by atoms with Crippen molar-refractivity contribution < 1.29 is 19.1 Å². The van der Waals surface area contributed by atoms with E-state index in [4.69, 9.17) is 32.7 Å². The molecule has 0 heterocycles. The molecule has 0 radical (unpaired) electrons. The fourth-order valence-electron chi connectivity index (χ4n) is 1.88. The molecular weight excluding hydrogens is 353 g/mol. The summed E-state index contributed by atoms with van der Waals surface area (Å²) in [7, 11) is 1.53. The van der Waals surface area contributed by atoms with E-state index >= 15 is 0 Å². The average molecular weight is 368 g/mol. The Hall–Kier alpha value is -2.24. The van der Waals surface area contributed by atoms with Crippen molar-refractivity contribution in [3.8, 4) is 5.75 Å². The Morgan fingerprint density at radius 2 is 1.62 bits per heavy atom. The van der Waals surface area contributed by atoms with Crippen molar-refractivity contribution in [2.45, 2.75) is 13.0 Å². The zero-order valence-electron chi connectivity index (χ0n) is 13.0. The number of halogens is 2. The molecule has 1 atom stereocenters. The van der Waals surface area contributed by atoms with Gasteiger partial charge in [0, 0.05) is 15.7 Å². The Labute approximate surface area is 149 Å². The molecule has 2 aromatic carbocycles. The van der Waals surface area contributed by atoms with Crippen LogP contribution in [0.2, 0.25) is 10.0 Å². The van der Waals surface area contributed by atoms with Crippen LogP contribution < -0.4 is 10.1 Å². The molecule has 0 saturated carbocycles. The van der Waals surface area contributed by atoms with E-state index in [2.05, 4.69) is 5.32 Å². The lowest BCUT2D eigenvalue weighted by atomic mass is 10.2. The number of ether oxygens (including phenoxy) is 2. The highest BCUT2D eigenvalue weighted by molar-refractivity contribution is 6.35. The van der Waals surface area contributed by atoms with Gasteiger partial charge in [0.2, 0.25) is 0 Å². The largest absolute Gasteiger partial charge is 0.497 e. The molecule has 0 bridgehead atoms. The monoisotopic (exact) mass is 367 g/mol. The summed E-state index contributed by atoms with van der Waals surface area (Å²) in [6.07, 6.45) is -0.989. The summed E-state index contributed by atoms with van der Waals surface area (Å²) in [6.45, 7) is 1.48. The van der Waals surface area contributed by atoms with Crippen molar-refractivity contribution in [2.75, 3.05) is 12.4 Å². The molecule has 0 aliphatic carbocycles. The molecule has 2 rings (SSSR count). The quantitative estimate of drug-likeness (QED) is 0.804. The van der Waals surface area contributed by atoms with E-state index in [-0.39, 0.29) is 0 Å². The highest BCUT2D eigenvalue weighted by atomic mass is 35.5. The number of esters is 1. The molecule has 1 amide bonds. The van der Waals surface area contributed by atoms with Gasteiger partial charge in [-0.1, -0.05) is 23.2 Å². The number of benzene rings is 2. The second kappa shape index (κ2) is 8.04. The van der Waals surface area contributed by atoms with Gasteiger partial charge in [-0.2, -0.15) is 0 Å². The van der Waals surface area contributed by atoms with Crippen LogP contribution in [0.25, 0.3) is 0 Å². The average Bonchev–Trinajstić information content (AvgIpc) is 2.53. The molecule has 0 aromatic heterocycles. The van der Waals surface area contributed by atoms with Crippen molar-refractivity contribution in [2.24, 2.45) is 0 Å². The normalized spacial score (nSPS) is 11.5. The van der Waals surface area contributed by atoms with Crippen LogP contribution in [-0.4, -0.2) is 25.1 Å². The second-order valence-corrected chi connectivity index (χ2v) is 5.80. The summed E-state index contributed by atoms with van der Waals surface area (Å²) in [5.41, 5.74) is 0.742. The molecule has 7 heteroatoms. The summed E-state index contributed by atoms with van der Waals surface area (Å²) in [6, 6.07) is 11.0. The fourth-order valence-corrected chi connectivity index (χ4v) is 2.41. The van der Waals surface area contributed by atoms with Gasteiger partial charge in [0.25, 0.3) is 5.91 Å². The van der Waals surface area contributed by atoms with Crippen molar-refractivity contribution in [1.29, 1.82) is 0 Å². The van der Waals surface area contributed by atoms with Crippen LogP contribution in [0.5, 0.6) is 5.75 Å². The summed E-state index contributed by atoms with van der Waals surface area (Å²) >= 11 is 11.7. The Balaban J connectivity index is 1.98. The minimum Gasteiger partial charge on any atom is -0.497 e. The van der Waals surface area contributed by atoms with Crippen LogP contribution in [0, 0.1) is 0 Å². The molecule has 1 unspecified atom stereocenters. The first-order valence-electron chi connectivity index (χ1n) is 7.01. The molecule has 5 nitrogen and oxygen atoms in total. The Kier molecular flexibility index (Phi) is 6.06. The van der Waals surface area contributed by atoms with Gasteiger partial charge in [-0.05, 0) is 49.4 Å². The number of carbonyl (C=O) groups excluding carboxylic acids is 2. The summed E-state index contributed by atoms with van der Waals surface area (Å²) in [5, 5.41) is 3.37. The third-order valence-corrected chi connectivity index (χ3v) is 3.55. The van der Waals surface area contributed by atoms with E-state index in [0.717, 1.165) is 0 Å². The van der Waals surface area contributed by atoms with Crippen molar-refractivity contribution in [3.05, 3.63) is 58.1 Å². The van der Waals surface area contributed by atoms with Crippen molar-refractivity contribution in [1.82, 2.24) is 0 Å². The summed E-state index contributed by atoms with van der Waals surface area (Å²) < 4.78 is 10.2. The van der Waals surface area contributed by atoms with Gasteiger partial charge in [0.05, 0.1) is 12.7 Å². The number of amides is 1. The Bertz CT molecular complexity index is 727. The number of carbonyl (C=O) groups is 2. The third-order valence-electron chi connectivity index (χ3n) is 3.11. The third kappa shape index (κ3) is 4.88. The predicted octanol–water partition coefficient (Wildman–Crippen LogP) is 4.19. The van der Waals surface area contributed by atoms with Crippen LogP contribution >= 0.6 is 23.2 Å².